The summed E-state index contributed by atoms with van der Waals surface area (Å²) in [7, 11) is 1.73. The van der Waals surface area contributed by atoms with Crippen molar-refractivity contribution in [1.29, 1.82) is 0 Å². The number of carbonyl (C=O) groups excluding carboxylic acids is 1. The third kappa shape index (κ3) is 10.7. The van der Waals surface area contributed by atoms with Crippen LogP contribution in [0.4, 0.5) is 5.69 Å². The largest absolute Gasteiger partial charge is 0.379 e. The van der Waals surface area contributed by atoms with Crippen LogP contribution in [0, 0.1) is 0 Å². The predicted octanol–water partition coefficient (Wildman–Crippen LogP) is 2.14. The minimum Gasteiger partial charge on any atom is -0.379 e. The summed E-state index contributed by atoms with van der Waals surface area (Å²) in [6.45, 7) is 7.56. The van der Waals surface area contributed by atoms with E-state index >= 15 is 0 Å². The summed E-state index contributed by atoms with van der Waals surface area (Å²) in [6.07, 6.45) is 2.24. The number of unbranched alkanes of at least 4 members (excludes halogenated alkanes) is 1. The van der Waals surface area contributed by atoms with Gasteiger partial charge in [0.2, 0.25) is 5.91 Å². The van der Waals surface area contributed by atoms with E-state index in [9.17, 15) is 4.79 Å². The van der Waals surface area contributed by atoms with Crippen LogP contribution >= 0.6 is 0 Å². The number of carbonyl (C=O) groups is 1. The molecule has 0 spiro atoms. The van der Waals surface area contributed by atoms with Crippen LogP contribution in [0.25, 0.3) is 0 Å². The van der Waals surface area contributed by atoms with Gasteiger partial charge >= 0.3 is 0 Å². The van der Waals surface area contributed by atoms with Crippen LogP contribution in [-0.4, -0.2) is 51.9 Å². The van der Waals surface area contributed by atoms with Gasteiger partial charge in [0.05, 0.1) is 19.8 Å². The Morgan fingerprint density at radius 2 is 1.88 bits per heavy atom. The zero-order chi connectivity index (χ0) is 19.0. The predicted molar refractivity (Wildman–Crippen MR) is 105 cm³/mol. The normalized spacial score (nSPS) is 11.3. The van der Waals surface area contributed by atoms with Gasteiger partial charge in [0.25, 0.3) is 0 Å². The summed E-state index contributed by atoms with van der Waals surface area (Å²) >= 11 is 0. The number of hydrogen-bond acceptors (Lipinski definition) is 4. The number of nitrogens with zero attached hydrogens (tertiary/aromatic N) is 1. The van der Waals surface area contributed by atoms with Gasteiger partial charge < -0.3 is 25.4 Å². The first-order valence-electron chi connectivity index (χ1n) is 9.12. The van der Waals surface area contributed by atoms with Crippen molar-refractivity contribution in [3.8, 4) is 0 Å². The second kappa shape index (κ2) is 14.1. The van der Waals surface area contributed by atoms with Gasteiger partial charge in [-0.15, -0.1) is 0 Å². The summed E-state index contributed by atoms with van der Waals surface area (Å²) < 4.78 is 11.0. The van der Waals surface area contributed by atoms with Gasteiger partial charge in [-0.05, 0) is 24.1 Å². The molecular weight excluding hydrogens is 332 g/mol. The van der Waals surface area contributed by atoms with Crippen LogP contribution in [0.15, 0.2) is 29.3 Å². The lowest BCUT2D eigenvalue weighted by Gasteiger charge is -2.13. The van der Waals surface area contributed by atoms with Gasteiger partial charge in [-0.1, -0.05) is 25.5 Å². The van der Waals surface area contributed by atoms with Crippen LogP contribution in [0.3, 0.4) is 0 Å². The highest BCUT2D eigenvalue weighted by atomic mass is 16.5. The molecule has 7 heteroatoms. The number of aliphatic imine (C=N–C) groups is 1. The van der Waals surface area contributed by atoms with Crippen molar-refractivity contribution in [2.45, 2.75) is 33.2 Å². The standard InChI is InChI=1S/C19H32N4O3/c1-4-5-10-25-12-13-26-11-9-21-19(20-3)22-15-17-7-6-8-18(14-17)23-16(2)24/h6-8,14H,4-5,9-13,15H2,1-3H3,(H,23,24)(H2,20,21,22). The maximum absolute atomic E-state index is 11.1. The molecule has 0 bridgehead atoms. The first kappa shape index (κ1) is 21.9. The SMILES string of the molecule is CCCCOCCOCCNC(=NC)NCc1cccc(NC(C)=O)c1. The molecule has 0 aliphatic heterocycles. The van der Waals surface area contributed by atoms with E-state index in [0.29, 0.717) is 38.9 Å². The molecule has 0 saturated carbocycles. The average Bonchev–Trinajstić information content (AvgIpc) is 2.62. The van der Waals surface area contributed by atoms with Crippen molar-refractivity contribution < 1.29 is 14.3 Å². The topological polar surface area (TPSA) is 84.0 Å². The second-order valence-corrected chi connectivity index (χ2v) is 5.81. The van der Waals surface area contributed by atoms with E-state index in [0.717, 1.165) is 30.7 Å². The lowest BCUT2D eigenvalue weighted by atomic mass is 10.2. The fourth-order valence-electron chi connectivity index (χ4n) is 2.18. The monoisotopic (exact) mass is 364 g/mol. The van der Waals surface area contributed by atoms with Crippen molar-refractivity contribution in [1.82, 2.24) is 10.6 Å². The molecule has 0 aromatic heterocycles. The molecule has 1 aromatic rings. The molecule has 1 amide bonds. The minimum atomic E-state index is -0.0802. The molecule has 1 aromatic carbocycles. The molecule has 0 aliphatic carbocycles. The van der Waals surface area contributed by atoms with Crippen LogP contribution in [0.1, 0.15) is 32.3 Å². The van der Waals surface area contributed by atoms with E-state index in [1.165, 1.54) is 6.92 Å². The van der Waals surface area contributed by atoms with E-state index in [2.05, 4.69) is 27.9 Å². The first-order valence-corrected chi connectivity index (χ1v) is 9.12. The van der Waals surface area contributed by atoms with E-state index in [1.54, 1.807) is 7.05 Å². The van der Waals surface area contributed by atoms with E-state index < -0.39 is 0 Å². The number of nitrogens with one attached hydrogen (secondary N) is 3. The number of hydrogen-bond donors (Lipinski definition) is 3. The number of benzene rings is 1. The van der Waals surface area contributed by atoms with Gasteiger partial charge in [-0.3, -0.25) is 9.79 Å². The summed E-state index contributed by atoms with van der Waals surface area (Å²) in [5.74, 6) is 0.626. The molecule has 0 radical (unpaired) electrons. The highest BCUT2D eigenvalue weighted by molar-refractivity contribution is 5.88. The Balaban J connectivity index is 2.18. The van der Waals surface area contributed by atoms with Gasteiger partial charge in [0.15, 0.2) is 5.96 Å². The molecule has 0 saturated heterocycles. The summed E-state index contributed by atoms with van der Waals surface area (Å²) in [5, 5.41) is 9.22. The molecule has 26 heavy (non-hydrogen) atoms. The highest BCUT2D eigenvalue weighted by Crippen LogP contribution is 2.10. The average molecular weight is 364 g/mol. The minimum absolute atomic E-state index is 0.0802. The van der Waals surface area contributed by atoms with Crippen molar-refractivity contribution >= 4 is 17.6 Å². The summed E-state index contributed by atoms with van der Waals surface area (Å²) in [4.78, 5) is 15.3. The molecule has 7 nitrogen and oxygen atoms in total. The van der Waals surface area contributed by atoms with Gasteiger partial charge in [-0.25, -0.2) is 0 Å². The summed E-state index contributed by atoms with van der Waals surface area (Å²) in [5.41, 5.74) is 1.84. The summed E-state index contributed by atoms with van der Waals surface area (Å²) in [6, 6.07) is 7.70. The van der Waals surface area contributed by atoms with Crippen LogP contribution in [0.5, 0.6) is 0 Å². The fraction of sp³-hybridized carbons (Fsp3) is 0.579. The Morgan fingerprint density at radius 3 is 2.58 bits per heavy atom. The molecule has 0 atom stereocenters. The Labute approximate surface area is 156 Å². The number of anilines is 1. The van der Waals surface area contributed by atoms with Crippen molar-refractivity contribution in [2.24, 2.45) is 4.99 Å². The van der Waals surface area contributed by atoms with Gasteiger partial charge in [0, 0.05) is 39.4 Å². The zero-order valence-corrected chi connectivity index (χ0v) is 16.1. The molecule has 1 rings (SSSR count). The molecular formula is C19H32N4O3. The lowest BCUT2D eigenvalue weighted by Crippen LogP contribution is -2.38. The maximum Gasteiger partial charge on any atom is 0.221 e. The molecule has 0 unspecified atom stereocenters. The molecule has 0 aliphatic rings. The van der Waals surface area contributed by atoms with Crippen molar-refractivity contribution in [3.05, 3.63) is 29.8 Å². The maximum atomic E-state index is 11.1. The Morgan fingerprint density at radius 1 is 1.12 bits per heavy atom. The van der Waals surface area contributed by atoms with Crippen LogP contribution in [-0.2, 0) is 20.8 Å². The number of ether oxygens (including phenoxy) is 2. The quantitative estimate of drug-likeness (QED) is 0.301. The van der Waals surface area contributed by atoms with Gasteiger partial charge in [0.1, 0.15) is 0 Å². The molecule has 0 heterocycles. The third-order valence-electron chi connectivity index (χ3n) is 3.48. The van der Waals surface area contributed by atoms with E-state index in [4.69, 9.17) is 9.47 Å². The van der Waals surface area contributed by atoms with Gasteiger partial charge in [-0.2, -0.15) is 0 Å². The number of rotatable bonds is 12. The molecule has 146 valence electrons. The van der Waals surface area contributed by atoms with E-state index in [-0.39, 0.29) is 5.91 Å². The second-order valence-electron chi connectivity index (χ2n) is 5.81. The fourth-order valence-corrected chi connectivity index (χ4v) is 2.18. The van der Waals surface area contributed by atoms with Crippen LogP contribution < -0.4 is 16.0 Å². The smallest absolute Gasteiger partial charge is 0.221 e. The lowest BCUT2D eigenvalue weighted by molar-refractivity contribution is -0.114. The van der Waals surface area contributed by atoms with Crippen molar-refractivity contribution in [2.75, 3.05) is 45.3 Å². The first-order chi connectivity index (χ1) is 12.7. The van der Waals surface area contributed by atoms with Crippen LogP contribution in [0.2, 0.25) is 0 Å². The molecule has 3 N–H and O–H groups in total. The number of amides is 1. The Bertz CT molecular complexity index is 549. The Hall–Kier alpha value is -2.12. The Kier molecular flexibility index (Phi) is 11.9. The zero-order valence-electron chi connectivity index (χ0n) is 16.1. The number of guanidine groups is 1. The highest BCUT2D eigenvalue weighted by Gasteiger charge is 2.01. The molecule has 0 fully saturated rings. The third-order valence-corrected chi connectivity index (χ3v) is 3.48. The van der Waals surface area contributed by atoms with E-state index in [1.807, 2.05) is 24.3 Å². The van der Waals surface area contributed by atoms with Crippen molar-refractivity contribution in [3.63, 3.8) is 0 Å².